The predicted octanol–water partition coefficient (Wildman–Crippen LogP) is 7.47. The first-order chi connectivity index (χ1) is 22.1. The van der Waals surface area contributed by atoms with Crippen LogP contribution in [0.5, 0.6) is 0 Å². The van der Waals surface area contributed by atoms with Crippen LogP contribution in [0.2, 0.25) is 0 Å². The maximum absolute atomic E-state index is 5.23. The molecule has 216 valence electrons. The van der Waals surface area contributed by atoms with Crippen molar-refractivity contribution in [1.82, 2.24) is 9.97 Å². The zero-order chi connectivity index (χ0) is 30.6. The fourth-order valence-corrected chi connectivity index (χ4v) is 11.4. The number of rotatable bonds is 7. The van der Waals surface area contributed by atoms with Gasteiger partial charge in [-0.1, -0.05) is 163 Å². The molecule has 0 aliphatic heterocycles. The van der Waals surface area contributed by atoms with Crippen molar-refractivity contribution in [1.29, 1.82) is 0 Å². The van der Waals surface area contributed by atoms with Crippen LogP contribution in [0, 0.1) is 13.8 Å². The maximum atomic E-state index is 5.23. The highest BCUT2D eigenvalue weighted by Gasteiger charge is 2.41. The molecule has 0 bridgehead atoms. The van der Waals surface area contributed by atoms with Gasteiger partial charge < -0.3 is 0 Å². The van der Waals surface area contributed by atoms with E-state index in [1.54, 1.807) is 0 Å². The Labute approximate surface area is 266 Å². The van der Waals surface area contributed by atoms with Gasteiger partial charge in [0.1, 0.15) is 0 Å². The molecule has 0 aliphatic carbocycles. The lowest BCUT2D eigenvalue weighted by Crippen LogP contribution is -2.74. The van der Waals surface area contributed by atoms with Crippen LogP contribution < -0.4 is 20.7 Å². The summed E-state index contributed by atoms with van der Waals surface area (Å²) in [5.41, 5.74) is 7.47. The van der Waals surface area contributed by atoms with Crippen LogP contribution in [0.15, 0.2) is 170 Å². The van der Waals surface area contributed by atoms with Crippen molar-refractivity contribution in [3.05, 3.63) is 181 Å². The molecule has 0 atom stereocenters. The third-order valence-electron chi connectivity index (χ3n) is 8.49. The molecule has 1 heterocycles. The smallest absolute Gasteiger partial charge is 0.179 e. The molecular weight excluding hydrogens is 561 g/mol. The van der Waals surface area contributed by atoms with Crippen molar-refractivity contribution in [3.8, 4) is 33.9 Å². The first-order valence-corrected chi connectivity index (χ1v) is 17.4. The third-order valence-corrected chi connectivity index (χ3v) is 13.3. The van der Waals surface area contributed by atoms with Gasteiger partial charge >= 0.3 is 0 Å². The Bertz CT molecular complexity index is 1940. The average molecular weight is 595 g/mol. The van der Waals surface area contributed by atoms with Crippen LogP contribution in [0.3, 0.4) is 0 Å². The van der Waals surface area contributed by atoms with Crippen LogP contribution in [-0.4, -0.2) is 18.0 Å². The topological polar surface area (TPSA) is 25.8 Å². The molecule has 1 aromatic heterocycles. The van der Waals surface area contributed by atoms with Gasteiger partial charge in [-0.15, -0.1) is 0 Å². The van der Waals surface area contributed by atoms with E-state index >= 15 is 0 Å². The lowest BCUT2D eigenvalue weighted by molar-refractivity contribution is 1.18. The molecule has 0 radical (unpaired) electrons. The second-order valence-corrected chi connectivity index (χ2v) is 15.4. The van der Waals surface area contributed by atoms with Crippen molar-refractivity contribution >= 4 is 28.8 Å². The van der Waals surface area contributed by atoms with E-state index in [1.165, 1.54) is 31.9 Å². The van der Waals surface area contributed by atoms with E-state index < -0.39 is 8.07 Å². The molecule has 0 aliphatic rings. The van der Waals surface area contributed by atoms with Gasteiger partial charge in [-0.25, -0.2) is 9.97 Å². The van der Waals surface area contributed by atoms with Gasteiger partial charge in [0.05, 0.1) is 11.4 Å². The molecule has 6 aromatic carbocycles. The van der Waals surface area contributed by atoms with Gasteiger partial charge in [-0.3, -0.25) is 0 Å². The molecule has 3 heteroatoms. The molecule has 7 rings (SSSR count). The van der Waals surface area contributed by atoms with Gasteiger partial charge in [0, 0.05) is 16.7 Å². The molecule has 0 fully saturated rings. The Hall–Kier alpha value is -5.38. The van der Waals surface area contributed by atoms with Gasteiger partial charge in [-0.05, 0) is 52.8 Å². The van der Waals surface area contributed by atoms with E-state index in [-0.39, 0.29) is 0 Å². The Morgan fingerprint density at radius 1 is 0.356 bits per heavy atom. The minimum absolute atomic E-state index is 0.726. The van der Waals surface area contributed by atoms with Crippen LogP contribution in [0.25, 0.3) is 33.9 Å². The summed E-state index contributed by atoms with van der Waals surface area (Å²) in [6.07, 6.45) is 0. The number of aromatic nitrogens is 2. The first kappa shape index (κ1) is 28.4. The van der Waals surface area contributed by atoms with E-state index in [0.717, 1.165) is 33.9 Å². The Balaban J connectivity index is 1.49. The van der Waals surface area contributed by atoms with E-state index in [4.69, 9.17) is 9.97 Å². The fraction of sp³-hybridized carbons (Fsp3) is 0.0476. The molecular formula is C42H34N2Si. The highest BCUT2D eigenvalue weighted by molar-refractivity contribution is 7.19. The first-order valence-electron chi connectivity index (χ1n) is 15.4. The average Bonchev–Trinajstić information content (AvgIpc) is 3.10. The number of nitrogens with zero attached hydrogens (tertiary/aromatic N) is 2. The highest BCUT2D eigenvalue weighted by Crippen LogP contribution is 2.28. The number of hydrogen-bond donors (Lipinski definition) is 0. The summed E-state index contributed by atoms with van der Waals surface area (Å²) in [6, 6.07) is 61.2. The molecule has 0 spiro atoms. The van der Waals surface area contributed by atoms with Gasteiger partial charge in [0.15, 0.2) is 13.9 Å². The van der Waals surface area contributed by atoms with Crippen LogP contribution in [0.4, 0.5) is 0 Å². The maximum Gasteiger partial charge on any atom is 0.179 e. The van der Waals surface area contributed by atoms with Crippen molar-refractivity contribution in [3.63, 3.8) is 0 Å². The van der Waals surface area contributed by atoms with Crippen LogP contribution in [0.1, 0.15) is 11.1 Å². The van der Waals surface area contributed by atoms with Crippen LogP contribution >= 0.6 is 0 Å². The summed E-state index contributed by atoms with van der Waals surface area (Å²) < 4.78 is 0. The van der Waals surface area contributed by atoms with Gasteiger partial charge in [0.2, 0.25) is 0 Å². The van der Waals surface area contributed by atoms with Crippen molar-refractivity contribution in [2.75, 3.05) is 0 Å². The van der Waals surface area contributed by atoms with Crippen LogP contribution in [-0.2, 0) is 0 Å². The van der Waals surface area contributed by atoms with Gasteiger partial charge in [-0.2, -0.15) is 0 Å². The van der Waals surface area contributed by atoms with E-state index in [0.29, 0.717) is 0 Å². The summed E-state index contributed by atoms with van der Waals surface area (Å²) in [4.78, 5) is 10.4. The normalized spacial score (nSPS) is 11.3. The largest absolute Gasteiger partial charge is 0.228 e. The second kappa shape index (κ2) is 12.3. The SMILES string of the molecule is Cc1cc(C)cc(-c2cc(-c3ccccc3)nc(-c3cccc([Si](c4ccccc4)(c4ccccc4)c4ccccc4)c3)n2)c1. The summed E-state index contributed by atoms with van der Waals surface area (Å²) in [6.45, 7) is 4.28. The molecule has 2 nitrogen and oxygen atoms in total. The molecule has 0 saturated heterocycles. The van der Waals surface area contributed by atoms with E-state index in [1.807, 2.05) is 6.07 Å². The summed E-state index contributed by atoms with van der Waals surface area (Å²) in [7, 11) is -2.69. The fourth-order valence-electron chi connectivity index (χ4n) is 6.56. The number of aryl methyl sites for hydroxylation is 2. The van der Waals surface area contributed by atoms with E-state index in [2.05, 4.69) is 178 Å². The Morgan fingerprint density at radius 3 is 1.29 bits per heavy atom. The predicted molar refractivity (Wildman–Crippen MR) is 191 cm³/mol. The molecule has 0 unspecified atom stereocenters. The standard InChI is InChI=1S/C42H34N2Si/c1-31-26-32(2)28-35(27-31)41-30-40(33-16-7-3-8-17-33)43-42(44-41)34-18-15-25-39(29-34)45(36-19-9-4-10-20-36,37-21-11-5-12-22-37)38-23-13-6-14-24-38/h3-30H,1-2H3. The van der Waals surface area contributed by atoms with E-state index in [9.17, 15) is 0 Å². The zero-order valence-corrected chi connectivity index (χ0v) is 26.6. The Morgan fingerprint density at radius 2 is 0.778 bits per heavy atom. The minimum Gasteiger partial charge on any atom is -0.228 e. The van der Waals surface area contributed by atoms with Crippen molar-refractivity contribution < 1.29 is 0 Å². The number of benzene rings is 6. The molecule has 0 saturated carbocycles. The second-order valence-electron chi connectivity index (χ2n) is 11.6. The minimum atomic E-state index is -2.69. The number of hydrogen-bond acceptors (Lipinski definition) is 2. The quantitative estimate of drug-likeness (QED) is 0.141. The summed E-state index contributed by atoms with van der Waals surface area (Å²) >= 11 is 0. The molecule has 45 heavy (non-hydrogen) atoms. The summed E-state index contributed by atoms with van der Waals surface area (Å²) in [5, 5.41) is 5.32. The Kier molecular flexibility index (Phi) is 7.77. The molecule has 7 aromatic rings. The van der Waals surface area contributed by atoms with Crippen molar-refractivity contribution in [2.24, 2.45) is 0 Å². The lowest BCUT2D eigenvalue weighted by atomic mass is 10.0. The third kappa shape index (κ3) is 5.55. The summed E-state index contributed by atoms with van der Waals surface area (Å²) in [5.74, 6) is 0.726. The zero-order valence-electron chi connectivity index (χ0n) is 25.6. The van der Waals surface area contributed by atoms with Crippen molar-refractivity contribution in [2.45, 2.75) is 13.8 Å². The highest BCUT2D eigenvalue weighted by atomic mass is 28.3. The van der Waals surface area contributed by atoms with Gasteiger partial charge in [0.25, 0.3) is 0 Å². The molecule has 0 N–H and O–H groups in total. The lowest BCUT2D eigenvalue weighted by Gasteiger charge is -2.34. The molecule has 0 amide bonds. The monoisotopic (exact) mass is 594 g/mol.